The quantitative estimate of drug-likeness (QED) is 0.820. The highest BCUT2D eigenvalue weighted by Crippen LogP contribution is 2.19. The molecule has 1 aromatic carbocycles. The number of rotatable bonds is 5. The van der Waals surface area contributed by atoms with Crippen LogP contribution in [0.4, 0.5) is 10.1 Å². The van der Waals surface area contributed by atoms with Crippen molar-refractivity contribution in [3.63, 3.8) is 0 Å². The van der Waals surface area contributed by atoms with Gasteiger partial charge in [0.1, 0.15) is 11.6 Å². The Kier molecular flexibility index (Phi) is 5.82. The van der Waals surface area contributed by atoms with Crippen molar-refractivity contribution in [2.75, 3.05) is 38.0 Å². The minimum Gasteiger partial charge on any atom is -0.361 e. The van der Waals surface area contributed by atoms with Crippen LogP contribution in [0.15, 0.2) is 33.3 Å². The van der Waals surface area contributed by atoms with E-state index in [-0.39, 0.29) is 18.1 Å². The number of hydrogen-bond acceptors (Lipinski definition) is 5. The van der Waals surface area contributed by atoms with Gasteiger partial charge in [-0.2, -0.15) is 0 Å². The number of halogens is 2. The molecule has 8 heteroatoms. The van der Waals surface area contributed by atoms with E-state index in [2.05, 4.69) is 36.2 Å². The van der Waals surface area contributed by atoms with Gasteiger partial charge < -0.3 is 9.84 Å². The lowest BCUT2D eigenvalue weighted by Crippen LogP contribution is -2.48. The predicted octanol–water partition coefficient (Wildman–Crippen LogP) is 2.64. The van der Waals surface area contributed by atoms with Crippen molar-refractivity contribution < 1.29 is 13.7 Å². The van der Waals surface area contributed by atoms with Crippen LogP contribution >= 0.6 is 15.9 Å². The molecule has 1 aliphatic heterocycles. The highest BCUT2D eigenvalue weighted by Gasteiger charge is 2.20. The summed E-state index contributed by atoms with van der Waals surface area (Å²) < 4.78 is 19.5. The number of anilines is 1. The second kappa shape index (κ2) is 8.07. The van der Waals surface area contributed by atoms with Crippen LogP contribution in [0.5, 0.6) is 0 Å². The third-order valence-electron chi connectivity index (χ3n) is 4.10. The molecule has 0 unspecified atom stereocenters. The first-order chi connectivity index (χ1) is 12.0. The zero-order valence-corrected chi connectivity index (χ0v) is 15.6. The molecular weight excluding hydrogens is 391 g/mol. The predicted molar refractivity (Wildman–Crippen MR) is 95.7 cm³/mol. The Hall–Kier alpha value is -1.77. The standard InChI is InChI=1S/C17H20BrFN4O2/c1-12-8-14(21-25-12)10-22-4-6-23(7-5-22)11-17(24)20-16-3-2-13(18)9-15(16)19/h2-3,8-9H,4-7,10-11H2,1H3,(H,20,24). The summed E-state index contributed by atoms with van der Waals surface area (Å²) in [5, 5.41) is 6.63. The Morgan fingerprint density at radius 3 is 2.64 bits per heavy atom. The van der Waals surface area contributed by atoms with E-state index in [1.165, 1.54) is 6.07 Å². The molecular formula is C17H20BrFN4O2. The molecule has 2 heterocycles. The monoisotopic (exact) mass is 410 g/mol. The largest absolute Gasteiger partial charge is 0.361 e. The smallest absolute Gasteiger partial charge is 0.238 e. The molecule has 6 nitrogen and oxygen atoms in total. The van der Waals surface area contributed by atoms with Gasteiger partial charge in [-0.25, -0.2) is 4.39 Å². The molecule has 134 valence electrons. The highest BCUT2D eigenvalue weighted by atomic mass is 79.9. The molecule has 0 spiro atoms. The zero-order chi connectivity index (χ0) is 17.8. The van der Waals surface area contributed by atoms with Crippen LogP contribution in [0.3, 0.4) is 0 Å². The molecule has 0 saturated carbocycles. The van der Waals surface area contributed by atoms with Crippen molar-refractivity contribution >= 4 is 27.5 Å². The number of piperazine rings is 1. The molecule has 1 aliphatic rings. The average molecular weight is 411 g/mol. The summed E-state index contributed by atoms with van der Waals surface area (Å²) in [4.78, 5) is 16.5. The topological polar surface area (TPSA) is 61.6 Å². The fourth-order valence-electron chi connectivity index (χ4n) is 2.81. The van der Waals surface area contributed by atoms with Crippen LogP contribution in [0, 0.1) is 12.7 Å². The third kappa shape index (κ3) is 5.10. The molecule has 0 aliphatic carbocycles. The first-order valence-corrected chi connectivity index (χ1v) is 8.91. The van der Waals surface area contributed by atoms with E-state index in [9.17, 15) is 9.18 Å². The van der Waals surface area contributed by atoms with Gasteiger partial charge in [-0.05, 0) is 25.1 Å². The summed E-state index contributed by atoms with van der Waals surface area (Å²) in [6.45, 7) is 6.16. The van der Waals surface area contributed by atoms with Gasteiger partial charge in [0.2, 0.25) is 5.91 Å². The van der Waals surface area contributed by atoms with E-state index in [0.717, 1.165) is 44.2 Å². The number of nitrogens with one attached hydrogen (secondary N) is 1. The van der Waals surface area contributed by atoms with Crippen molar-refractivity contribution in [2.45, 2.75) is 13.5 Å². The van der Waals surface area contributed by atoms with Crippen molar-refractivity contribution in [1.82, 2.24) is 15.0 Å². The summed E-state index contributed by atoms with van der Waals surface area (Å²) in [6.07, 6.45) is 0. The normalized spacial score (nSPS) is 16.1. The summed E-state index contributed by atoms with van der Waals surface area (Å²) in [5.74, 6) is 0.155. The number of amides is 1. The fourth-order valence-corrected chi connectivity index (χ4v) is 3.14. The molecule has 2 aromatic rings. The van der Waals surface area contributed by atoms with Crippen LogP contribution in [0.2, 0.25) is 0 Å². The maximum absolute atomic E-state index is 13.8. The Morgan fingerprint density at radius 1 is 1.28 bits per heavy atom. The number of hydrogen-bond donors (Lipinski definition) is 1. The number of aryl methyl sites for hydroxylation is 1. The molecule has 1 fully saturated rings. The molecule has 25 heavy (non-hydrogen) atoms. The first kappa shape index (κ1) is 18.0. The molecule has 3 rings (SSSR count). The summed E-state index contributed by atoms with van der Waals surface area (Å²) in [5.41, 5.74) is 1.13. The van der Waals surface area contributed by atoms with Crippen LogP contribution in [-0.2, 0) is 11.3 Å². The van der Waals surface area contributed by atoms with E-state index in [1.807, 2.05) is 13.0 Å². The van der Waals surface area contributed by atoms with Crippen molar-refractivity contribution in [2.24, 2.45) is 0 Å². The molecule has 1 saturated heterocycles. The SMILES string of the molecule is Cc1cc(CN2CCN(CC(=O)Nc3ccc(Br)cc3F)CC2)no1. The number of nitrogens with zero attached hydrogens (tertiary/aromatic N) is 3. The summed E-state index contributed by atoms with van der Waals surface area (Å²) >= 11 is 3.20. The Labute approximate surface area is 154 Å². The van der Waals surface area contributed by atoms with Crippen molar-refractivity contribution in [3.8, 4) is 0 Å². The fraction of sp³-hybridized carbons (Fsp3) is 0.412. The molecule has 1 N–H and O–H groups in total. The number of carbonyl (C=O) groups is 1. The summed E-state index contributed by atoms with van der Waals surface area (Å²) in [7, 11) is 0. The zero-order valence-electron chi connectivity index (χ0n) is 14.0. The molecule has 0 radical (unpaired) electrons. The van der Waals surface area contributed by atoms with E-state index in [4.69, 9.17) is 4.52 Å². The minimum absolute atomic E-state index is 0.202. The second-order valence-corrected chi connectivity index (χ2v) is 7.07. The minimum atomic E-state index is -0.449. The number of carbonyl (C=O) groups excluding carboxylic acids is 1. The maximum atomic E-state index is 13.8. The van der Waals surface area contributed by atoms with Gasteiger partial charge in [-0.3, -0.25) is 14.6 Å². The summed E-state index contributed by atoms with van der Waals surface area (Å²) in [6, 6.07) is 6.52. The van der Waals surface area contributed by atoms with E-state index in [0.29, 0.717) is 4.47 Å². The van der Waals surface area contributed by atoms with Crippen molar-refractivity contribution in [1.29, 1.82) is 0 Å². The van der Waals surface area contributed by atoms with Crippen LogP contribution in [0.1, 0.15) is 11.5 Å². The number of benzene rings is 1. The number of aromatic nitrogens is 1. The molecule has 0 bridgehead atoms. The van der Waals surface area contributed by atoms with Gasteiger partial charge in [-0.15, -0.1) is 0 Å². The average Bonchev–Trinajstić information content (AvgIpc) is 2.97. The van der Waals surface area contributed by atoms with Gasteiger partial charge in [0.25, 0.3) is 0 Å². The molecule has 1 aromatic heterocycles. The van der Waals surface area contributed by atoms with Crippen LogP contribution in [0.25, 0.3) is 0 Å². The Bertz CT molecular complexity index is 744. The highest BCUT2D eigenvalue weighted by molar-refractivity contribution is 9.10. The van der Waals surface area contributed by atoms with E-state index < -0.39 is 5.82 Å². The van der Waals surface area contributed by atoms with Gasteiger partial charge >= 0.3 is 0 Å². The first-order valence-electron chi connectivity index (χ1n) is 8.11. The van der Waals surface area contributed by atoms with Crippen LogP contribution in [-0.4, -0.2) is 53.6 Å². The van der Waals surface area contributed by atoms with E-state index in [1.54, 1.807) is 12.1 Å². The van der Waals surface area contributed by atoms with Crippen LogP contribution < -0.4 is 5.32 Å². The second-order valence-electron chi connectivity index (χ2n) is 6.15. The lowest BCUT2D eigenvalue weighted by Gasteiger charge is -2.33. The molecule has 0 atom stereocenters. The van der Waals surface area contributed by atoms with Gasteiger partial charge in [0.15, 0.2) is 0 Å². The lowest BCUT2D eigenvalue weighted by atomic mass is 10.2. The lowest BCUT2D eigenvalue weighted by molar-refractivity contribution is -0.117. The van der Waals surface area contributed by atoms with Gasteiger partial charge in [0.05, 0.1) is 17.9 Å². The third-order valence-corrected chi connectivity index (χ3v) is 4.59. The van der Waals surface area contributed by atoms with Gasteiger partial charge in [0, 0.05) is 43.3 Å². The van der Waals surface area contributed by atoms with Crippen molar-refractivity contribution in [3.05, 3.63) is 46.0 Å². The Balaban J connectivity index is 1.44. The van der Waals surface area contributed by atoms with E-state index >= 15 is 0 Å². The maximum Gasteiger partial charge on any atom is 0.238 e. The van der Waals surface area contributed by atoms with Gasteiger partial charge in [-0.1, -0.05) is 21.1 Å². The Morgan fingerprint density at radius 2 is 2.00 bits per heavy atom. The molecule has 1 amide bonds.